The van der Waals surface area contributed by atoms with E-state index in [1.54, 1.807) is 34.4 Å². The Bertz CT molecular complexity index is 3110. The lowest BCUT2D eigenvalue weighted by molar-refractivity contribution is -0.144. The highest BCUT2D eigenvalue weighted by atomic mass is 32.1. The number of carbonyl (C=O) groups is 5. The van der Waals surface area contributed by atoms with Crippen molar-refractivity contribution in [3.63, 3.8) is 0 Å². The summed E-state index contributed by atoms with van der Waals surface area (Å²) in [6.45, 7) is 9.96. The summed E-state index contributed by atoms with van der Waals surface area (Å²) in [6.07, 6.45) is 6.23. The molecule has 3 heterocycles. The summed E-state index contributed by atoms with van der Waals surface area (Å²) in [6, 6.07) is 20.8. The first-order chi connectivity index (χ1) is 38.0. The first kappa shape index (κ1) is 57.6. The van der Waals surface area contributed by atoms with Crippen LogP contribution in [-0.4, -0.2) is 103 Å². The van der Waals surface area contributed by atoms with E-state index in [0.29, 0.717) is 112 Å². The molecule has 1 saturated carbocycles. The second-order valence-corrected chi connectivity index (χ2v) is 21.6. The fourth-order valence-corrected chi connectivity index (χ4v) is 9.94. The van der Waals surface area contributed by atoms with E-state index in [4.69, 9.17) is 23.7 Å². The molecule has 4 aromatic carbocycles. The van der Waals surface area contributed by atoms with Crippen LogP contribution in [0.4, 0.5) is 20.2 Å². The van der Waals surface area contributed by atoms with E-state index in [9.17, 15) is 28.4 Å². The second kappa shape index (κ2) is 26.4. The molecule has 20 heteroatoms. The minimum Gasteiger partial charge on any atom is -0.493 e. The molecule has 5 amide bonds. The Kier molecular flexibility index (Phi) is 19.3. The van der Waals surface area contributed by atoms with E-state index in [-0.39, 0.29) is 29.9 Å². The molecule has 6 aromatic rings. The molecule has 0 spiro atoms. The normalized spacial score (nSPS) is 15.0. The predicted octanol–water partition coefficient (Wildman–Crippen LogP) is 9.91. The van der Waals surface area contributed by atoms with E-state index in [0.717, 1.165) is 40.6 Å². The van der Waals surface area contributed by atoms with Crippen molar-refractivity contribution in [2.24, 2.45) is 10.8 Å². The fourth-order valence-electron chi connectivity index (χ4n) is 9.13. The van der Waals surface area contributed by atoms with Crippen molar-refractivity contribution in [2.75, 3.05) is 57.3 Å². The highest BCUT2D eigenvalue weighted by Gasteiger charge is 2.56. The van der Waals surface area contributed by atoms with Gasteiger partial charge in [0.15, 0.2) is 23.1 Å². The van der Waals surface area contributed by atoms with Crippen LogP contribution >= 0.6 is 11.3 Å². The fraction of sp³-hybridized carbons (Fsp3) is 0.407. The number of halogens is 2. The Morgan fingerprint density at radius 1 is 0.785 bits per heavy atom. The maximum Gasteiger partial charge on any atom is 0.246 e. The largest absolute Gasteiger partial charge is 0.493 e. The van der Waals surface area contributed by atoms with Crippen molar-refractivity contribution < 1.29 is 56.4 Å². The number of thiazole rings is 1. The number of fused-ring (bicyclic) bond motifs is 1. The molecule has 2 aliphatic rings. The number of anilines is 2. The Morgan fingerprint density at radius 3 is 2.13 bits per heavy atom. The molecule has 8 rings (SSSR count). The van der Waals surface area contributed by atoms with Gasteiger partial charge in [-0.2, -0.15) is 0 Å². The van der Waals surface area contributed by atoms with Gasteiger partial charge in [-0.1, -0.05) is 45.0 Å². The van der Waals surface area contributed by atoms with E-state index in [1.165, 1.54) is 49.7 Å². The molecule has 2 fully saturated rings. The number of ether oxygens (including phenoxy) is 5. The van der Waals surface area contributed by atoms with Crippen molar-refractivity contribution in [1.29, 1.82) is 0 Å². The standard InChI is InChI=1S/C59H67F2N7O10S/c1-37-52(79-36-64-37)39-14-12-38(13-15-39)34-63-54(70)46-11-10-26-68(46)55(71)53(58(2,3)4)67-51(69)35-76-29-7-6-27-75-28-8-9-30-77-50-33-45-43(32-49(50)74-5)47(22-25-62-45)78-48-21-20-42(31-44(48)61)66-57(73)59(23-24-59)56(72)65-41-18-16-40(60)17-19-41/h12-22,25,31-33,36,46,53H,6-11,23-24,26-30,34-35H2,1-5H3,(H,63,70)(H,65,72)(H,66,73)(H,67,69)/t46-,53+/m0/s1. The summed E-state index contributed by atoms with van der Waals surface area (Å²) in [5.74, 6) is -2.11. The van der Waals surface area contributed by atoms with Crippen molar-refractivity contribution in [2.45, 2.75) is 97.7 Å². The van der Waals surface area contributed by atoms with Crippen molar-refractivity contribution in [3.8, 4) is 33.4 Å². The van der Waals surface area contributed by atoms with Gasteiger partial charge in [-0.15, -0.1) is 11.3 Å². The summed E-state index contributed by atoms with van der Waals surface area (Å²) in [5.41, 5.74) is 3.91. The summed E-state index contributed by atoms with van der Waals surface area (Å²) in [5, 5.41) is 11.7. The molecule has 4 N–H and O–H groups in total. The number of unbranched alkanes of at least 4 members (excludes halogenated alkanes) is 2. The van der Waals surface area contributed by atoms with Crippen LogP contribution in [0.25, 0.3) is 21.3 Å². The van der Waals surface area contributed by atoms with Gasteiger partial charge in [0, 0.05) is 68.0 Å². The molecule has 1 saturated heterocycles. The number of likely N-dealkylation sites (tertiary alicyclic amines) is 1. The predicted molar refractivity (Wildman–Crippen MR) is 296 cm³/mol. The SMILES string of the molecule is COc1cc2c(Oc3ccc(NC(=O)C4(C(=O)Nc5ccc(F)cc5)CC4)cc3F)ccnc2cc1OCCCCOCCCCOCC(=O)N[C@H](C(=O)N1CCC[C@H]1C(=O)NCc1ccc(-c2scnc2C)cc1)C(C)(C)C. The minimum atomic E-state index is -1.32. The maximum absolute atomic E-state index is 15.5. The number of aryl methyl sites for hydroxylation is 1. The van der Waals surface area contributed by atoms with Gasteiger partial charge in [-0.25, -0.2) is 13.8 Å². The van der Waals surface area contributed by atoms with Crippen LogP contribution < -0.4 is 35.5 Å². The minimum absolute atomic E-state index is 0.106. The van der Waals surface area contributed by atoms with Crippen LogP contribution in [-0.2, 0) is 40.0 Å². The number of amides is 5. The molecule has 1 aliphatic heterocycles. The van der Waals surface area contributed by atoms with Crippen molar-refractivity contribution in [1.82, 2.24) is 25.5 Å². The number of benzene rings is 4. The van der Waals surface area contributed by atoms with Gasteiger partial charge in [0.1, 0.15) is 35.7 Å². The zero-order valence-electron chi connectivity index (χ0n) is 45.1. The maximum atomic E-state index is 15.5. The van der Waals surface area contributed by atoms with Crippen LogP contribution in [0.5, 0.6) is 23.0 Å². The van der Waals surface area contributed by atoms with Gasteiger partial charge >= 0.3 is 0 Å². The number of rotatable bonds is 26. The molecule has 418 valence electrons. The first-order valence-corrected chi connectivity index (χ1v) is 27.4. The summed E-state index contributed by atoms with van der Waals surface area (Å²) < 4.78 is 58.0. The third-order valence-electron chi connectivity index (χ3n) is 13.8. The average molecular weight is 1100 g/mol. The van der Waals surface area contributed by atoms with Gasteiger partial charge in [-0.3, -0.25) is 29.0 Å². The number of carbonyl (C=O) groups excluding carboxylic acids is 5. The number of hydrogen-bond acceptors (Lipinski definition) is 13. The van der Waals surface area contributed by atoms with Crippen LogP contribution in [0.1, 0.15) is 83.4 Å². The monoisotopic (exact) mass is 1100 g/mol. The summed E-state index contributed by atoms with van der Waals surface area (Å²) in [7, 11) is 1.51. The van der Waals surface area contributed by atoms with E-state index >= 15 is 4.39 Å². The van der Waals surface area contributed by atoms with Gasteiger partial charge in [-0.05, 0) is 123 Å². The van der Waals surface area contributed by atoms with E-state index in [2.05, 4.69) is 31.2 Å². The molecule has 17 nitrogen and oxygen atoms in total. The molecule has 1 aliphatic carbocycles. The Hall–Kier alpha value is -7.55. The van der Waals surface area contributed by atoms with Crippen molar-refractivity contribution in [3.05, 3.63) is 120 Å². The van der Waals surface area contributed by atoms with E-state index in [1.807, 2.05) is 57.5 Å². The van der Waals surface area contributed by atoms with E-state index < -0.39 is 52.3 Å². The zero-order valence-corrected chi connectivity index (χ0v) is 45.9. The Morgan fingerprint density at radius 2 is 1.47 bits per heavy atom. The lowest BCUT2D eigenvalue weighted by Crippen LogP contribution is -2.58. The van der Waals surface area contributed by atoms with Crippen molar-refractivity contribution >= 4 is 63.2 Å². The highest BCUT2D eigenvalue weighted by molar-refractivity contribution is 7.13. The van der Waals surface area contributed by atoms with Gasteiger partial charge in [0.2, 0.25) is 29.5 Å². The first-order valence-electron chi connectivity index (χ1n) is 26.5. The molecular formula is C59H67F2N7O10S. The molecule has 0 bridgehead atoms. The molecular weight excluding hydrogens is 1040 g/mol. The van der Waals surface area contributed by atoms with Gasteiger partial charge in [0.25, 0.3) is 0 Å². The van der Waals surface area contributed by atoms with Crippen LogP contribution in [0.3, 0.4) is 0 Å². The topological polar surface area (TPSA) is 209 Å². The zero-order chi connectivity index (χ0) is 56.1. The smallest absolute Gasteiger partial charge is 0.246 e. The quantitative estimate of drug-likeness (QED) is 0.0296. The van der Waals surface area contributed by atoms with Crippen LogP contribution in [0, 0.1) is 29.4 Å². The molecule has 0 unspecified atom stereocenters. The highest BCUT2D eigenvalue weighted by Crippen LogP contribution is 2.48. The summed E-state index contributed by atoms with van der Waals surface area (Å²) >= 11 is 1.59. The number of methoxy groups -OCH3 is 1. The number of hydrogen-bond donors (Lipinski definition) is 4. The lowest BCUT2D eigenvalue weighted by atomic mass is 9.85. The van der Waals surface area contributed by atoms with Crippen LogP contribution in [0.15, 0.2) is 96.6 Å². The third kappa shape index (κ3) is 15.0. The molecule has 2 atom stereocenters. The lowest BCUT2D eigenvalue weighted by Gasteiger charge is -2.35. The second-order valence-electron chi connectivity index (χ2n) is 20.7. The molecule has 79 heavy (non-hydrogen) atoms. The summed E-state index contributed by atoms with van der Waals surface area (Å²) in [4.78, 5) is 78.1. The molecule has 2 aromatic heterocycles. The Balaban J connectivity index is 0.703. The Labute approximate surface area is 462 Å². The van der Waals surface area contributed by atoms with Gasteiger partial charge in [0.05, 0.1) is 35.3 Å². The average Bonchev–Trinajstić information content (AvgIpc) is 4.17. The number of pyridine rings is 1. The van der Waals surface area contributed by atoms with Crippen LogP contribution in [0.2, 0.25) is 0 Å². The third-order valence-corrected chi connectivity index (χ3v) is 14.8. The number of nitrogens with zero attached hydrogens (tertiary/aromatic N) is 3. The van der Waals surface area contributed by atoms with Gasteiger partial charge < -0.3 is 49.9 Å². The number of nitrogens with one attached hydrogen (secondary N) is 4. The number of aromatic nitrogens is 2. The molecule has 0 radical (unpaired) electrons.